The summed E-state index contributed by atoms with van der Waals surface area (Å²) in [6, 6.07) is 14.2. The second-order valence-electron chi connectivity index (χ2n) is 8.05. The molecule has 0 radical (unpaired) electrons. The summed E-state index contributed by atoms with van der Waals surface area (Å²) < 4.78 is 11.4. The van der Waals surface area contributed by atoms with Gasteiger partial charge in [-0.2, -0.15) is 0 Å². The first-order chi connectivity index (χ1) is 15.5. The van der Waals surface area contributed by atoms with Crippen molar-refractivity contribution in [3.63, 3.8) is 0 Å². The highest BCUT2D eigenvalue weighted by atomic mass is 127. The van der Waals surface area contributed by atoms with Gasteiger partial charge in [0.05, 0.1) is 13.2 Å². The molecule has 1 amide bonds. The molecule has 7 nitrogen and oxygen atoms in total. The number of amides is 1. The zero-order valence-electron chi connectivity index (χ0n) is 19.7. The number of nitrogens with zero attached hydrogens (tertiary/aromatic N) is 2. The lowest BCUT2D eigenvalue weighted by Gasteiger charge is -2.36. The van der Waals surface area contributed by atoms with E-state index in [-0.39, 0.29) is 36.7 Å². The number of carbonyl (C=O) groups is 1. The molecule has 1 heterocycles. The van der Waals surface area contributed by atoms with Crippen LogP contribution in [0.2, 0.25) is 0 Å². The number of carbonyl (C=O) groups excluding carboxylic acids is 1. The minimum Gasteiger partial charge on any atom is -0.484 e. The van der Waals surface area contributed by atoms with E-state index in [2.05, 4.69) is 49.2 Å². The Labute approximate surface area is 213 Å². The van der Waals surface area contributed by atoms with Crippen LogP contribution in [0.15, 0.2) is 47.5 Å². The number of nitrogens with two attached hydrogens (primary N) is 1. The predicted octanol–water partition coefficient (Wildman–Crippen LogP) is 3.37. The third kappa shape index (κ3) is 8.19. The number of ether oxygens (including phenoxy) is 2. The number of hydrogen-bond acceptors (Lipinski definition) is 4. The number of benzene rings is 2. The van der Waals surface area contributed by atoms with E-state index in [1.54, 1.807) is 0 Å². The van der Waals surface area contributed by atoms with E-state index in [9.17, 15) is 4.79 Å². The summed E-state index contributed by atoms with van der Waals surface area (Å²) in [7, 11) is 0. The fraction of sp³-hybridized carbons (Fsp3) is 0.440. The Morgan fingerprint density at radius 3 is 2.67 bits per heavy atom. The van der Waals surface area contributed by atoms with Crippen molar-refractivity contribution in [3.8, 4) is 5.75 Å². The molecule has 2 aromatic carbocycles. The Balaban J connectivity index is 0.00000385. The number of nitrogens with one attached hydrogen (secondary N) is 1. The molecular formula is C25H35IN4O3. The highest BCUT2D eigenvalue weighted by Crippen LogP contribution is 2.26. The van der Waals surface area contributed by atoms with Gasteiger partial charge in [-0.15, -0.1) is 24.0 Å². The molecule has 0 bridgehead atoms. The highest BCUT2D eigenvalue weighted by molar-refractivity contribution is 14.0. The van der Waals surface area contributed by atoms with Crippen LogP contribution in [0.3, 0.4) is 0 Å². The van der Waals surface area contributed by atoms with Gasteiger partial charge in [-0.05, 0) is 56.0 Å². The van der Waals surface area contributed by atoms with Crippen LogP contribution in [-0.2, 0) is 16.0 Å². The van der Waals surface area contributed by atoms with E-state index in [0.717, 1.165) is 37.6 Å². The fourth-order valence-electron chi connectivity index (χ4n) is 3.84. The first kappa shape index (κ1) is 26.9. The number of aryl methyl sites for hydroxylation is 2. The van der Waals surface area contributed by atoms with E-state index in [4.69, 9.17) is 20.2 Å². The molecule has 0 aromatic heterocycles. The first-order valence-electron chi connectivity index (χ1n) is 11.2. The Morgan fingerprint density at radius 2 is 2.00 bits per heavy atom. The van der Waals surface area contributed by atoms with Gasteiger partial charge >= 0.3 is 0 Å². The summed E-state index contributed by atoms with van der Waals surface area (Å²) in [6.07, 6.45) is 0.858. The third-order valence-corrected chi connectivity index (χ3v) is 5.44. The average Bonchev–Trinajstić information content (AvgIpc) is 2.78. The molecule has 1 saturated heterocycles. The standard InChI is InChI=1S/C25H34N4O3.HI/c1-4-27-25(28-12-11-20-6-8-21(9-7-20)32-17-24(26)30)29-13-14-31-23(16-29)22-10-5-18(2)15-19(22)3;/h5-10,15,23H,4,11-14,16-17H2,1-3H3,(H2,26,30)(H,27,28);1H. The van der Waals surface area contributed by atoms with Crippen molar-refractivity contribution in [1.82, 2.24) is 10.2 Å². The molecule has 1 atom stereocenters. The minimum absolute atomic E-state index is 0. The molecule has 33 heavy (non-hydrogen) atoms. The maximum Gasteiger partial charge on any atom is 0.255 e. The largest absolute Gasteiger partial charge is 0.484 e. The van der Waals surface area contributed by atoms with Gasteiger partial charge in [-0.3, -0.25) is 9.79 Å². The lowest BCUT2D eigenvalue weighted by Crippen LogP contribution is -2.48. The van der Waals surface area contributed by atoms with Crippen molar-refractivity contribution in [2.24, 2.45) is 10.7 Å². The molecule has 0 aliphatic carbocycles. The van der Waals surface area contributed by atoms with Crippen molar-refractivity contribution >= 4 is 35.8 Å². The molecule has 0 saturated carbocycles. The zero-order valence-corrected chi connectivity index (χ0v) is 22.0. The summed E-state index contributed by atoms with van der Waals surface area (Å²) in [6.45, 7) is 10.00. The number of primary amides is 1. The van der Waals surface area contributed by atoms with E-state index < -0.39 is 5.91 Å². The number of aliphatic imine (C=N–C) groups is 1. The smallest absolute Gasteiger partial charge is 0.255 e. The van der Waals surface area contributed by atoms with Crippen molar-refractivity contribution in [2.45, 2.75) is 33.3 Å². The summed E-state index contributed by atoms with van der Waals surface area (Å²) in [5.41, 5.74) is 10.0. The van der Waals surface area contributed by atoms with Crippen LogP contribution >= 0.6 is 24.0 Å². The normalized spacial score (nSPS) is 16.2. The SMILES string of the molecule is CCNC(=NCCc1ccc(OCC(N)=O)cc1)N1CCOC(c2ccc(C)cc2C)C1.I. The molecule has 3 rings (SSSR count). The van der Waals surface area contributed by atoms with Crippen LogP contribution in [0.5, 0.6) is 5.75 Å². The van der Waals surface area contributed by atoms with Crippen LogP contribution in [0.4, 0.5) is 0 Å². The van der Waals surface area contributed by atoms with Gasteiger partial charge in [-0.1, -0.05) is 35.9 Å². The van der Waals surface area contributed by atoms with Crippen LogP contribution in [0.1, 0.15) is 35.3 Å². The Hall–Kier alpha value is -2.33. The molecule has 0 spiro atoms. The van der Waals surface area contributed by atoms with Gasteiger partial charge in [0, 0.05) is 19.6 Å². The maximum atomic E-state index is 10.8. The second kappa shape index (κ2) is 13.4. The molecule has 1 aliphatic rings. The van der Waals surface area contributed by atoms with Crippen LogP contribution in [-0.4, -0.2) is 56.2 Å². The van der Waals surface area contributed by atoms with Gasteiger partial charge < -0.3 is 25.4 Å². The predicted molar refractivity (Wildman–Crippen MR) is 142 cm³/mol. The number of guanidine groups is 1. The van der Waals surface area contributed by atoms with E-state index in [1.165, 1.54) is 16.7 Å². The summed E-state index contributed by atoms with van der Waals surface area (Å²) in [4.78, 5) is 18.0. The lowest BCUT2D eigenvalue weighted by molar-refractivity contribution is -0.119. The molecule has 3 N–H and O–H groups in total. The third-order valence-electron chi connectivity index (χ3n) is 5.44. The van der Waals surface area contributed by atoms with Crippen molar-refractivity contribution in [3.05, 3.63) is 64.7 Å². The highest BCUT2D eigenvalue weighted by Gasteiger charge is 2.25. The van der Waals surface area contributed by atoms with E-state index >= 15 is 0 Å². The van der Waals surface area contributed by atoms with Crippen molar-refractivity contribution < 1.29 is 14.3 Å². The van der Waals surface area contributed by atoms with Crippen LogP contribution in [0, 0.1) is 13.8 Å². The van der Waals surface area contributed by atoms with Crippen molar-refractivity contribution in [1.29, 1.82) is 0 Å². The summed E-state index contributed by atoms with van der Waals surface area (Å²) in [5, 5.41) is 3.43. The monoisotopic (exact) mass is 566 g/mol. The first-order valence-corrected chi connectivity index (χ1v) is 11.2. The van der Waals surface area contributed by atoms with E-state index in [0.29, 0.717) is 18.9 Å². The Kier molecular flexibility index (Phi) is 10.9. The molecule has 180 valence electrons. The van der Waals surface area contributed by atoms with Crippen LogP contribution in [0.25, 0.3) is 0 Å². The van der Waals surface area contributed by atoms with E-state index in [1.807, 2.05) is 24.3 Å². The van der Waals surface area contributed by atoms with Gasteiger partial charge in [0.2, 0.25) is 0 Å². The molecule has 1 fully saturated rings. The fourth-order valence-corrected chi connectivity index (χ4v) is 3.84. The van der Waals surface area contributed by atoms with Gasteiger partial charge in [-0.25, -0.2) is 0 Å². The summed E-state index contributed by atoms with van der Waals surface area (Å²) in [5.74, 6) is 1.07. The summed E-state index contributed by atoms with van der Waals surface area (Å²) >= 11 is 0. The Morgan fingerprint density at radius 1 is 1.24 bits per heavy atom. The molecule has 2 aromatic rings. The van der Waals surface area contributed by atoms with Crippen LogP contribution < -0.4 is 15.8 Å². The van der Waals surface area contributed by atoms with Crippen molar-refractivity contribution in [2.75, 3.05) is 39.4 Å². The maximum absolute atomic E-state index is 10.8. The number of hydrogen-bond donors (Lipinski definition) is 2. The minimum atomic E-state index is -0.484. The zero-order chi connectivity index (χ0) is 22.9. The number of morpholine rings is 1. The number of rotatable bonds is 8. The molecular weight excluding hydrogens is 531 g/mol. The number of halogens is 1. The van der Waals surface area contributed by atoms with Gasteiger partial charge in [0.1, 0.15) is 11.9 Å². The Bertz CT molecular complexity index is 934. The quantitative estimate of drug-likeness (QED) is 0.291. The second-order valence-corrected chi connectivity index (χ2v) is 8.05. The molecule has 1 unspecified atom stereocenters. The molecule has 8 heteroatoms. The average molecular weight is 566 g/mol. The van der Waals surface area contributed by atoms with Gasteiger partial charge in [0.15, 0.2) is 12.6 Å². The molecule has 1 aliphatic heterocycles. The van der Waals surface area contributed by atoms with Gasteiger partial charge in [0.25, 0.3) is 5.91 Å². The lowest BCUT2D eigenvalue weighted by atomic mass is 10.00. The topological polar surface area (TPSA) is 89.2 Å².